The SMILES string of the molecule is COc1ccc(N2CCCCC2C(C)N)c([N+](=O)[O-])c1. The summed E-state index contributed by atoms with van der Waals surface area (Å²) in [5.41, 5.74) is 6.76. The van der Waals surface area contributed by atoms with E-state index in [2.05, 4.69) is 4.90 Å². The van der Waals surface area contributed by atoms with E-state index in [4.69, 9.17) is 10.5 Å². The molecule has 2 N–H and O–H groups in total. The maximum absolute atomic E-state index is 11.3. The first-order chi connectivity index (χ1) is 9.54. The lowest BCUT2D eigenvalue weighted by Gasteiger charge is -2.39. The number of methoxy groups -OCH3 is 1. The molecule has 6 heteroatoms. The molecular weight excluding hydrogens is 258 g/mol. The van der Waals surface area contributed by atoms with Gasteiger partial charge in [0.1, 0.15) is 11.4 Å². The van der Waals surface area contributed by atoms with Crippen molar-refractivity contribution >= 4 is 11.4 Å². The minimum atomic E-state index is -0.356. The lowest BCUT2D eigenvalue weighted by molar-refractivity contribution is -0.384. The van der Waals surface area contributed by atoms with E-state index in [0.717, 1.165) is 25.8 Å². The number of nitro benzene ring substituents is 1. The van der Waals surface area contributed by atoms with Gasteiger partial charge in [-0.25, -0.2) is 0 Å². The van der Waals surface area contributed by atoms with E-state index in [1.807, 2.05) is 6.92 Å². The smallest absolute Gasteiger partial charge is 0.296 e. The third kappa shape index (κ3) is 2.85. The van der Waals surface area contributed by atoms with Gasteiger partial charge in [0.15, 0.2) is 0 Å². The zero-order valence-corrected chi connectivity index (χ0v) is 11.9. The molecule has 0 bridgehead atoms. The van der Waals surface area contributed by atoms with Crippen LogP contribution in [0.1, 0.15) is 26.2 Å². The largest absolute Gasteiger partial charge is 0.496 e. The van der Waals surface area contributed by atoms with Gasteiger partial charge in [-0.2, -0.15) is 0 Å². The van der Waals surface area contributed by atoms with Crippen molar-refractivity contribution in [2.24, 2.45) is 5.73 Å². The van der Waals surface area contributed by atoms with Crippen LogP contribution in [0.3, 0.4) is 0 Å². The molecule has 1 aliphatic rings. The van der Waals surface area contributed by atoms with E-state index in [1.54, 1.807) is 12.1 Å². The van der Waals surface area contributed by atoms with E-state index >= 15 is 0 Å². The molecule has 0 saturated carbocycles. The highest BCUT2D eigenvalue weighted by Gasteiger charge is 2.30. The first-order valence-corrected chi connectivity index (χ1v) is 6.89. The molecule has 0 aliphatic carbocycles. The highest BCUT2D eigenvalue weighted by molar-refractivity contribution is 5.66. The Morgan fingerprint density at radius 2 is 2.25 bits per heavy atom. The second-order valence-corrected chi connectivity index (χ2v) is 5.23. The van der Waals surface area contributed by atoms with Crippen LogP contribution in [0.2, 0.25) is 0 Å². The fraction of sp³-hybridized carbons (Fsp3) is 0.571. The Labute approximate surface area is 118 Å². The Morgan fingerprint density at radius 3 is 2.85 bits per heavy atom. The van der Waals surface area contributed by atoms with Crippen LogP contribution in [-0.2, 0) is 0 Å². The van der Waals surface area contributed by atoms with Crippen molar-refractivity contribution in [3.63, 3.8) is 0 Å². The minimum Gasteiger partial charge on any atom is -0.496 e. The van der Waals surface area contributed by atoms with Crippen molar-refractivity contribution in [3.05, 3.63) is 28.3 Å². The summed E-state index contributed by atoms with van der Waals surface area (Å²) in [5, 5.41) is 11.3. The van der Waals surface area contributed by atoms with Crippen molar-refractivity contribution in [1.82, 2.24) is 0 Å². The summed E-state index contributed by atoms with van der Waals surface area (Å²) < 4.78 is 5.07. The monoisotopic (exact) mass is 279 g/mol. The predicted octanol–water partition coefficient (Wildman–Crippen LogP) is 2.31. The summed E-state index contributed by atoms with van der Waals surface area (Å²) in [6, 6.07) is 5.13. The Hall–Kier alpha value is -1.82. The maximum atomic E-state index is 11.3. The summed E-state index contributed by atoms with van der Waals surface area (Å²) >= 11 is 0. The molecular formula is C14H21N3O3. The van der Waals surface area contributed by atoms with Gasteiger partial charge in [-0.3, -0.25) is 10.1 Å². The average Bonchev–Trinajstić information content (AvgIpc) is 2.46. The van der Waals surface area contributed by atoms with E-state index < -0.39 is 0 Å². The zero-order valence-electron chi connectivity index (χ0n) is 11.9. The van der Waals surface area contributed by atoms with Gasteiger partial charge >= 0.3 is 0 Å². The molecule has 2 atom stereocenters. The molecule has 1 aromatic rings. The van der Waals surface area contributed by atoms with Gasteiger partial charge in [0.05, 0.1) is 18.1 Å². The van der Waals surface area contributed by atoms with E-state index in [1.165, 1.54) is 13.2 Å². The fourth-order valence-corrected chi connectivity index (χ4v) is 2.82. The third-order valence-corrected chi connectivity index (χ3v) is 3.84. The molecule has 1 aromatic carbocycles. The van der Waals surface area contributed by atoms with Gasteiger partial charge in [0, 0.05) is 18.6 Å². The highest BCUT2D eigenvalue weighted by atomic mass is 16.6. The van der Waals surface area contributed by atoms with Crippen LogP contribution >= 0.6 is 0 Å². The maximum Gasteiger partial charge on any atom is 0.296 e. The number of hydrogen-bond acceptors (Lipinski definition) is 5. The first kappa shape index (κ1) is 14.6. The van der Waals surface area contributed by atoms with Gasteiger partial charge in [0.25, 0.3) is 5.69 Å². The van der Waals surface area contributed by atoms with Crippen LogP contribution < -0.4 is 15.4 Å². The van der Waals surface area contributed by atoms with E-state index in [-0.39, 0.29) is 22.7 Å². The number of hydrogen-bond donors (Lipinski definition) is 1. The second kappa shape index (κ2) is 6.09. The van der Waals surface area contributed by atoms with Crippen LogP contribution in [-0.4, -0.2) is 30.7 Å². The molecule has 1 heterocycles. The molecule has 1 saturated heterocycles. The Bertz CT molecular complexity index is 491. The Kier molecular flexibility index (Phi) is 4.44. The molecule has 0 aromatic heterocycles. The quantitative estimate of drug-likeness (QED) is 0.675. The third-order valence-electron chi connectivity index (χ3n) is 3.84. The summed E-state index contributed by atoms with van der Waals surface area (Å²) in [6.07, 6.45) is 3.12. The first-order valence-electron chi connectivity index (χ1n) is 6.89. The summed E-state index contributed by atoms with van der Waals surface area (Å²) in [5.74, 6) is 0.495. The number of nitrogens with zero attached hydrogens (tertiary/aromatic N) is 2. The number of benzene rings is 1. The summed E-state index contributed by atoms with van der Waals surface area (Å²) in [7, 11) is 1.50. The lowest BCUT2D eigenvalue weighted by atomic mass is 9.96. The molecule has 2 unspecified atom stereocenters. The molecule has 0 amide bonds. The van der Waals surface area contributed by atoms with Crippen molar-refractivity contribution in [2.45, 2.75) is 38.3 Å². The fourth-order valence-electron chi connectivity index (χ4n) is 2.82. The summed E-state index contributed by atoms with van der Waals surface area (Å²) in [6.45, 7) is 2.76. The molecule has 0 radical (unpaired) electrons. The number of piperidine rings is 1. The van der Waals surface area contributed by atoms with Gasteiger partial charge in [-0.1, -0.05) is 0 Å². The predicted molar refractivity (Wildman–Crippen MR) is 78.3 cm³/mol. The van der Waals surface area contributed by atoms with Crippen molar-refractivity contribution in [1.29, 1.82) is 0 Å². The Morgan fingerprint density at radius 1 is 1.50 bits per heavy atom. The van der Waals surface area contributed by atoms with Crippen molar-refractivity contribution in [3.8, 4) is 5.75 Å². The van der Waals surface area contributed by atoms with Crippen LogP contribution in [0.25, 0.3) is 0 Å². The van der Waals surface area contributed by atoms with E-state index in [0.29, 0.717) is 11.4 Å². The van der Waals surface area contributed by atoms with Crippen molar-refractivity contribution < 1.29 is 9.66 Å². The zero-order chi connectivity index (χ0) is 14.7. The molecule has 0 spiro atoms. The molecule has 110 valence electrons. The van der Waals surface area contributed by atoms with Gasteiger partial charge in [0.2, 0.25) is 0 Å². The molecule has 1 fully saturated rings. The van der Waals surface area contributed by atoms with Crippen LogP contribution in [0.15, 0.2) is 18.2 Å². The number of anilines is 1. The molecule has 2 rings (SSSR count). The molecule has 20 heavy (non-hydrogen) atoms. The Balaban J connectivity index is 2.41. The normalized spacial score (nSPS) is 20.6. The second-order valence-electron chi connectivity index (χ2n) is 5.23. The molecule has 1 aliphatic heterocycles. The van der Waals surface area contributed by atoms with Crippen LogP contribution in [0, 0.1) is 10.1 Å². The van der Waals surface area contributed by atoms with Gasteiger partial charge in [-0.15, -0.1) is 0 Å². The van der Waals surface area contributed by atoms with Crippen molar-refractivity contribution in [2.75, 3.05) is 18.6 Å². The lowest BCUT2D eigenvalue weighted by Crippen LogP contribution is -2.49. The topological polar surface area (TPSA) is 81.6 Å². The number of rotatable bonds is 4. The van der Waals surface area contributed by atoms with E-state index in [9.17, 15) is 10.1 Å². The summed E-state index contributed by atoms with van der Waals surface area (Å²) in [4.78, 5) is 13.0. The van der Waals surface area contributed by atoms with Crippen LogP contribution in [0.5, 0.6) is 5.75 Å². The average molecular weight is 279 g/mol. The van der Waals surface area contributed by atoms with Gasteiger partial charge < -0.3 is 15.4 Å². The highest BCUT2D eigenvalue weighted by Crippen LogP contribution is 2.36. The standard InChI is InChI=1S/C14H21N3O3/c1-10(15)12-5-3-4-8-16(12)13-7-6-11(20-2)9-14(13)17(18)19/h6-7,9-10,12H,3-5,8,15H2,1-2H3. The number of nitro groups is 1. The van der Waals surface area contributed by atoms with Gasteiger partial charge in [-0.05, 0) is 38.3 Å². The van der Waals surface area contributed by atoms with Crippen LogP contribution in [0.4, 0.5) is 11.4 Å². The number of nitrogens with two attached hydrogens (primary N) is 1. The molecule has 6 nitrogen and oxygen atoms in total. The number of ether oxygens (including phenoxy) is 1. The minimum absolute atomic E-state index is 0.0167.